The molecule has 0 amide bonds. The molecule has 4 aromatic rings. The fourth-order valence-corrected chi connectivity index (χ4v) is 3.55. The van der Waals surface area contributed by atoms with Crippen molar-refractivity contribution in [3.05, 3.63) is 107 Å². The van der Waals surface area contributed by atoms with E-state index in [9.17, 15) is 4.79 Å². The summed E-state index contributed by atoms with van der Waals surface area (Å²) >= 11 is 0. The van der Waals surface area contributed by atoms with Crippen LogP contribution in [0.5, 0.6) is 5.75 Å². The van der Waals surface area contributed by atoms with Crippen LogP contribution in [0.3, 0.4) is 0 Å². The largest absolute Gasteiger partial charge is 0.468 e. The monoisotopic (exact) mass is 397 g/mol. The number of benzene rings is 3. The van der Waals surface area contributed by atoms with Crippen LogP contribution < -0.4 is 10.2 Å². The van der Waals surface area contributed by atoms with Crippen molar-refractivity contribution in [2.24, 2.45) is 0 Å². The first-order chi connectivity index (χ1) is 14.7. The SMILES string of the molecule is COCOc1ccc(-c2c(C)c(=O)cc(-c3ccccc3)n2-c2ccccc2)cc1. The maximum absolute atomic E-state index is 12.9. The summed E-state index contributed by atoms with van der Waals surface area (Å²) in [5, 5.41) is 0. The third-order valence-corrected chi connectivity index (χ3v) is 5.01. The molecule has 3 aromatic carbocycles. The molecule has 0 aliphatic carbocycles. The van der Waals surface area contributed by atoms with Crippen LogP contribution in [0, 0.1) is 6.92 Å². The number of para-hydroxylation sites is 1. The average Bonchev–Trinajstić information content (AvgIpc) is 2.80. The van der Waals surface area contributed by atoms with Gasteiger partial charge in [-0.3, -0.25) is 4.79 Å². The van der Waals surface area contributed by atoms with Crippen molar-refractivity contribution >= 4 is 0 Å². The molecule has 0 radical (unpaired) electrons. The summed E-state index contributed by atoms with van der Waals surface area (Å²) in [6.45, 7) is 2.07. The molecule has 0 unspecified atom stereocenters. The Hall–Kier alpha value is -3.63. The van der Waals surface area contributed by atoms with Gasteiger partial charge in [0, 0.05) is 24.4 Å². The average molecular weight is 397 g/mol. The zero-order valence-electron chi connectivity index (χ0n) is 17.0. The fraction of sp³-hybridized carbons (Fsp3) is 0.115. The molecule has 0 N–H and O–H groups in total. The van der Waals surface area contributed by atoms with Crippen LogP contribution >= 0.6 is 0 Å². The second kappa shape index (κ2) is 8.80. The van der Waals surface area contributed by atoms with Crippen LogP contribution in [0.4, 0.5) is 0 Å². The highest BCUT2D eigenvalue weighted by atomic mass is 16.7. The predicted molar refractivity (Wildman–Crippen MR) is 120 cm³/mol. The van der Waals surface area contributed by atoms with Gasteiger partial charge in [-0.05, 0) is 54.4 Å². The Bertz CT molecular complexity index is 1180. The second-order valence-electron chi connectivity index (χ2n) is 6.98. The minimum absolute atomic E-state index is 0.00995. The molecule has 30 heavy (non-hydrogen) atoms. The molecular formula is C26H23NO3. The van der Waals surface area contributed by atoms with Crippen molar-refractivity contribution in [3.8, 4) is 34.0 Å². The van der Waals surface area contributed by atoms with Crippen molar-refractivity contribution in [1.82, 2.24) is 4.57 Å². The lowest BCUT2D eigenvalue weighted by Gasteiger charge is -2.21. The quantitative estimate of drug-likeness (QED) is 0.406. The number of hydrogen-bond donors (Lipinski definition) is 0. The van der Waals surface area contributed by atoms with Gasteiger partial charge >= 0.3 is 0 Å². The van der Waals surface area contributed by atoms with Crippen molar-refractivity contribution in [2.45, 2.75) is 6.92 Å². The minimum atomic E-state index is 0.00995. The summed E-state index contributed by atoms with van der Waals surface area (Å²) in [6.07, 6.45) is 0. The van der Waals surface area contributed by atoms with Gasteiger partial charge in [0.25, 0.3) is 0 Å². The molecule has 4 heteroatoms. The van der Waals surface area contributed by atoms with E-state index in [-0.39, 0.29) is 12.2 Å². The Morgan fingerprint density at radius 2 is 1.43 bits per heavy atom. The maximum atomic E-state index is 12.9. The van der Waals surface area contributed by atoms with E-state index in [1.807, 2.05) is 79.7 Å². The molecule has 4 nitrogen and oxygen atoms in total. The predicted octanol–water partition coefficient (Wildman–Crippen LogP) is 5.46. The molecule has 0 saturated heterocycles. The molecule has 0 aliphatic heterocycles. The molecule has 0 aliphatic rings. The van der Waals surface area contributed by atoms with Gasteiger partial charge < -0.3 is 14.0 Å². The summed E-state index contributed by atoms with van der Waals surface area (Å²) in [6, 6.07) is 29.5. The summed E-state index contributed by atoms with van der Waals surface area (Å²) in [5.74, 6) is 0.714. The van der Waals surface area contributed by atoms with Gasteiger partial charge in [-0.1, -0.05) is 48.5 Å². The second-order valence-corrected chi connectivity index (χ2v) is 6.98. The summed E-state index contributed by atoms with van der Waals surface area (Å²) < 4.78 is 12.6. The van der Waals surface area contributed by atoms with Crippen molar-refractivity contribution in [1.29, 1.82) is 0 Å². The molecule has 0 bridgehead atoms. The molecule has 1 heterocycles. The number of nitrogens with zero attached hydrogens (tertiary/aromatic N) is 1. The highest BCUT2D eigenvalue weighted by molar-refractivity contribution is 5.73. The first-order valence-electron chi connectivity index (χ1n) is 9.78. The lowest BCUT2D eigenvalue weighted by Crippen LogP contribution is -2.15. The highest BCUT2D eigenvalue weighted by Crippen LogP contribution is 2.32. The zero-order valence-corrected chi connectivity index (χ0v) is 17.0. The van der Waals surface area contributed by atoms with E-state index in [2.05, 4.69) is 16.7 Å². The molecule has 150 valence electrons. The van der Waals surface area contributed by atoms with Gasteiger partial charge in [-0.15, -0.1) is 0 Å². The number of pyridine rings is 1. The fourth-order valence-electron chi connectivity index (χ4n) is 3.55. The lowest BCUT2D eigenvalue weighted by molar-refractivity contribution is 0.0511. The van der Waals surface area contributed by atoms with Crippen LogP contribution in [0.25, 0.3) is 28.2 Å². The van der Waals surface area contributed by atoms with E-state index < -0.39 is 0 Å². The van der Waals surface area contributed by atoms with Crippen molar-refractivity contribution < 1.29 is 9.47 Å². The molecule has 0 spiro atoms. The van der Waals surface area contributed by atoms with Gasteiger partial charge in [-0.25, -0.2) is 0 Å². The van der Waals surface area contributed by atoms with E-state index in [0.717, 1.165) is 28.2 Å². The molecule has 0 atom stereocenters. The number of aromatic nitrogens is 1. The Kier molecular flexibility index (Phi) is 5.77. The van der Waals surface area contributed by atoms with Gasteiger partial charge in [0.1, 0.15) is 5.75 Å². The molecule has 1 aromatic heterocycles. The van der Waals surface area contributed by atoms with E-state index in [0.29, 0.717) is 11.3 Å². The van der Waals surface area contributed by atoms with Crippen molar-refractivity contribution in [3.63, 3.8) is 0 Å². The molecule has 4 rings (SSSR count). The highest BCUT2D eigenvalue weighted by Gasteiger charge is 2.17. The van der Waals surface area contributed by atoms with E-state index in [4.69, 9.17) is 9.47 Å². The Morgan fingerprint density at radius 1 is 0.800 bits per heavy atom. The number of ether oxygens (including phenoxy) is 2. The van der Waals surface area contributed by atoms with Gasteiger partial charge in [0.05, 0.1) is 11.4 Å². The standard InChI is InChI=1S/C26H23NO3/c1-19-25(28)17-24(20-9-5-3-6-10-20)27(22-11-7-4-8-12-22)26(19)21-13-15-23(16-14-21)30-18-29-2/h3-17H,18H2,1-2H3. The van der Waals surface area contributed by atoms with E-state index in [1.54, 1.807) is 13.2 Å². The summed E-state index contributed by atoms with van der Waals surface area (Å²) in [7, 11) is 1.59. The zero-order chi connectivity index (χ0) is 20.9. The first kappa shape index (κ1) is 19.7. The normalized spacial score (nSPS) is 10.7. The Labute approximate surface area is 176 Å². The van der Waals surface area contributed by atoms with Crippen LogP contribution in [0.1, 0.15) is 5.56 Å². The minimum Gasteiger partial charge on any atom is -0.468 e. The first-order valence-corrected chi connectivity index (χ1v) is 9.78. The lowest BCUT2D eigenvalue weighted by atomic mass is 10.0. The molecule has 0 saturated carbocycles. The number of hydrogen-bond acceptors (Lipinski definition) is 3. The smallest absolute Gasteiger partial charge is 0.188 e. The van der Waals surface area contributed by atoms with Crippen LogP contribution in [0.2, 0.25) is 0 Å². The third kappa shape index (κ3) is 3.91. The van der Waals surface area contributed by atoms with Crippen molar-refractivity contribution in [2.75, 3.05) is 13.9 Å². The van der Waals surface area contributed by atoms with Crippen LogP contribution in [-0.2, 0) is 4.74 Å². The summed E-state index contributed by atoms with van der Waals surface area (Å²) in [4.78, 5) is 12.9. The number of methoxy groups -OCH3 is 1. The topological polar surface area (TPSA) is 40.5 Å². The number of rotatable bonds is 6. The van der Waals surface area contributed by atoms with Crippen LogP contribution in [-0.4, -0.2) is 18.5 Å². The third-order valence-electron chi connectivity index (χ3n) is 5.01. The summed E-state index contributed by atoms with van der Waals surface area (Å²) in [5.41, 5.74) is 5.35. The van der Waals surface area contributed by atoms with Gasteiger partial charge in [-0.2, -0.15) is 0 Å². The maximum Gasteiger partial charge on any atom is 0.188 e. The molecule has 0 fully saturated rings. The van der Waals surface area contributed by atoms with E-state index >= 15 is 0 Å². The van der Waals surface area contributed by atoms with E-state index in [1.165, 1.54) is 0 Å². The Morgan fingerprint density at radius 3 is 2.07 bits per heavy atom. The molecular weight excluding hydrogens is 374 g/mol. The van der Waals surface area contributed by atoms with Gasteiger partial charge in [0.2, 0.25) is 0 Å². The Balaban J connectivity index is 1.98. The van der Waals surface area contributed by atoms with Gasteiger partial charge in [0.15, 0.2) is 12.2 Å². The van der Waals surface area contributed by atoms with Crippen LogP contribution in [0.15, 0.2) is 95.8 Å².